The minimum atomic E-state index is -5.21. The highest BCUT2D eigenvalue weighted by Crippen LogP contribution is 2.65. The van der Waals surface area contributed by atoms with Crippen molar-refractivity contribution in [3.63, 3.8) is 0 Å². The molecule has 2 aliphatic heterocycles. The summed E-state index contributed by atoms with van der Waals surface area (Å²) in [6.07, 6.45) is -2.29. The maximum absolute atomic E-state index is 13.9. The maximum atomic E-state index is 13.9. The van der Waals surface area contributed by atoms with Crippen molar-refractivity contribution in [3.8, 4) is 6.07 Å². The van der Waals surface area contributed by atoms with E-state index in [0.29, 0.717) is 12.3 Å². The molecule has 232 valence electrons. The summed E-state index contributed by atoms with van der Waals surface area (Å²) in [7, 11) is 0. The molecule has 3 N–H and O–H groups in total. The average Bonchev–Trinajstić information content (AvgIpc) is 3.82. The van der Waals surface area contributed by atoms with Gasteiger partial charge in [-0.25, -0.2) is 0 Å². The molecule has 2 heterocycles. The SMILES string of the molecule is C[C@@H](OC1(C2CC2)CC1)[C@H](NC(=O)C(F)(F)F)C(=O)N1C[C@H]2[C@@H]([C@H]1C(=O)N[C@H](C#N)C[C@@H]1CC(C)(C)NC1=O)C2(C)C. The topological polar surface area (TPSA) is 141 Å². The molecule has 3 aliphatic carbocycles. The van der Waals surface area contributed by atoms with Crippen LogP contribution in [-0.2, 0) is 23.9 Å². The van der Waals surface area contributed by atoms with Crippen LogP contribution in [0.15, 0.2) is 0 Å². The van der Waals surface area contributed by atoms with Gasteiger partial charge >= 0.3 is 12.1 Å². The number of carbonyl (C=O) groups excluding carboxylic acids is 4. The van der Waals surface area contributed by atoms with Gasteiger partial charge in [0, 0.05) is 18.0 Å². The first-order valence-electron chi connectivity index (χ1n) is 14.8. The number of fused-ring (bicyclic) bond motifs is 1. The van der Waals surface area contributed by atoms with Gasteiger partial charge in [-0.3, -0.25) is 19.2 Å². The highest BCUT2D eigenvalue weighted by molar-refractivity contribution is 5.95. The Bertz CT molecular complexity index is 1200. The smallest absolute Gasteiger partial charge is 0.369 e. The Hall–Kier alpha value is -2.88. The number of likely N-dealkylation sites (tertiary alicyclic amines) is 1. The van der Waals surface area contributed by atoms with E-state index in [-0.39, 0.29) is 36.1 Å². The van der Waals surface area contributed by atoms with Crippen LogP contribution in [0.1, 0.15) is 73.1 Å². The molecule has 0 bridgehead atoms. The number of alkyl halides is 3. The van der Waals surface area contributed by atoms with Crippen LogP contribution in [0.25, 0.3) is 0 Å². The third-order valence-electron chi connectivity index (χ3n) is 10.1. The van der Waals surface area contributed by atoms with Gasteiger partial charge in [0.2, 0.25) is 17.7 Å². The van der Waals surface area contributed by atoms with E-state index >= 15 is 0 Å². The lowest BCUT2D eigenvalue weighted by Gasteiger charge is -2.36. The Morgan fingerprint density at radius 3 is 2.31 bits per heavy atom. The van der Waals surface area contributed by atoms with Crippen molar-refractivity contribution in [2.24, 2.45) is 29.1 Å². The highest BCUT2D eigenvalue weighted by atomic mass is 19.4. The third kappa shape index (κ3) is 5.71. The fourth-order valence-corrected chi connectivity index (χ4v) is 7.46. The Morgan fingerprint density at radius 1 is 1.17 bits per heavy atom. The van der Waals surface area contributed by atoms with Crippen LogP contribution in [0, 0.1) is 40.4 Å². The summed E-state index contributed by atoms with van der Waals surface area (Å²) in [4.78, 5) is 53.3. The predicted octanol–water partition coefficient (Wildman–Crippen LogP) is 2.18. The van der Waals surface area contributed by atoms with Crippen molar-refractivity contribution >= 4 is 23.6 Å². The minimum absolute atomic E-state index is 0.0735. The molecule has 0 radical (unpaired) electrons. The molecular weight excluding hydrogens is 555 g/mol. The van der Waals surface area contributed by atoms with Gasteiger partial charge in [0.05, 0.1) is 17.8 Å². The molecule has 13 heteroatoms. The Labute approximate surface area is 243 Å². The van der Waals surface area contributed by atoms with Crippen molar-refractivity contribution in [3.05, 3.63) is 0 Å². The largest absolute Gasteiger partial charge is 0.471 e. The zero-order chi connectivity index (χ0) is 31.0. The molecule has 7 atom stereocenters. The number of carbonyl (C=O) groups is 4. The quantitative estimate of drug-likeness (QED) is 0.354. The van der Waals surface area contributed by atoms with E-state index in [9.17, 15) is 37.6 Å². The van der Waals surface area contributed by atoms with Gasteiger partial charge in [0.15, 0.2) is 0 Å². The molecule has 5 aliphatic rings. The minimum Gasteiger partial charge on any atom is -0.369 e. The van der Waals surface area contributed by atoms with Gasteiger partial charge in [-0.15, -0.1) is 0 Å². The zero-order valence-electron chi connectivity index (χ0n) is 24.6. The molecule has 5 fully saturated rings. The van der Waals surface area contributed by atoms with Crippen LogP contribution >= 0.6 is 0 Å². The lowest BCUT2D eigenvalue weighted by atomic mass is 9.91. The Morgan fingerprint density at radius 2 is 1.81 bits per heavy atom. The lowest BCUT2D eigenvalue weighted by molar-refractivity contribution is -0.177. The normalized spacial score (nSPS) is 32.1. The van der Waals surface area contributed by atoms with E-state index in [1.807, 2.05) is 39.1 Å². The number of amides is 4. The Kier molecular flexibility index (Phi) is 7.35. The van der Waals surface area contributed by atoms with E-state index in [4.69, 9.17) is 4.74 Å². The van der Waals surface area contributed by atoms with Gasteiger partial charge in [-0.05, 0) is 82.5 Å². The number of hydrogen-bond acceptors (Lipinski definition) is 6. The zero-order valence-corrected chi connectivity index (χ0v) is 24.6. The molecule has 10 nitrogen and oxygen atoms in total. The summed E-state index contributed by atoms with van der Waals surface area (Å²) in [6.45, 7) is 9.27. The van der Waals surface area contributed by atoms with Gasteiger partial charge in [-0.1, -0.05) is 13.8 Å². The first kappa shape index (κ1) is 30.6. The predicted molar refractivity (Wildman–Crippen MR) is 142 cm³/mol. The van der Waals surface area contributed by atoms with Crippen LogP contribution < -0.4 is 16.0 Å². The number of ether oxygens (including phenoxy) is 1. The van der Waals surface area contributed by atoms with Crippen LogP contribution in [0.5, 0.6) is 0 Å². The van der Waals surface area contributed by atoms with Crippen molar-refractivity contribution in [2.45, 2.75) is 115 Å². The fourth-order valence-electron chi connectivity index (χ4n) is 7.46. The first-order valence-corrected chi connectivity index (χ1v) is 14.8. The standard InChI is InChI=1S/C29H40F3N5O5/c1-14(42-28(8-9-28)16-6-7-16)20(35-25(41)29(30,31)32)24(40)37-13-18-19(27(18,4)5)21(37)23(39)34-17(12-33)10-15-11-26(2,3)36-22(15)38/h14-21H,6-11,13H2,1-5H3,(H,34,39)(H,35,41)(H,36,38)/t14-,15-,17+,18+,19+,20+,21+/m1/s1. The number of rotatable bonds is 10. The Balaban J connectivity index is 1.34. The fraction of sp³-hybridized carbons (Fsp3) is 0.828. The molecule has 0 aromatic heterocycles. The van der Waals surface area contributed by atoms with E-state index in [0.717, 1.165) is 25.7 Å². The van der Waals surface area contributed by atoms with Crippen molar-refractivity contribution in [1.82, 2.24) is 20.9 Å². The summed E-state index contributed by atoms with van der Waals surface area (Å²) >= 11 is 0. The summed E-state index contributed by atoms with van der Waals surface area (Å²) in [5.74, 6) is -4.40. The van der Waals surface area contributed by atoms with Crippen LogP contribution in [0.3, 0.4) is 0 Å². The number of nitrogens with zero attached hydrogens (tertiary/aromatic N) is 2. The molecule has 4 amide bonds. The first-order chi connectivity index (χ1) is 19.4. The lowest BCUT2D eigenvalue weighted by Crippen LogP contribution is -2.61. The summed E-state index contributed by atoms with van der Waals surface area (Å²) < 4.78 is 46.1. The van der Waals surface area contributed by atoms with Gasteiger partial charge in [0.25, 0.3) is 0 Å². The molecule has 3 saturated carbocycles. The third-order valence-corrected chi connectivity index (χ3v) is 10.1. The van der Waals surface area contributed by atoms with Gasteiger partial charge in [-0.2, -0.15) is 18.4 Å². The summed E-state index contributed by atoms with van der Waals surface area (Å²) in [5, 5.41) is 17.2. The number of halogens is 3. The maximum Gasteiger partial charge on any atom is 0.471 e. The van der Waals surface area contributed by atoms with Gasteiger partial charge in [0.1, 0.15) is 18.1 Å². The monoisotopic (exact) mass is 595 g/mol. The molecule has 5 rings (SSSR count). The van der Waals surface area contributed by atoms with Crippen molar-refractivity contribution < 1.29 is 37.1 Å². The van der Waals surface area contributed by atoms with Crippen LogP contribution in [-0.4, -0.2) is 76.6 Å². The van der Waals surface area contributed by atoms with Crippen molar-refractivity contribution in [1.29, 1.82) is 5.26 Å². The van der Waals surface area contributed by atoms with E-state index < -0.39 is 65.2 Å². The second kappa shape index (κ2) is 10.1. The van der Waals surface area contributed by atoms with Crippen LogP contribution in [0.2, 0.25) is 0 Å². The second-order valence-corrected chi connectivity index (χ2v) is 14.2. The van der Waals surface area contributed by atoms with Gasteiger partial charge < -0.3 is 25.6 Å². The summed E-state index contributed by atoms with van der Waals surface area (Å²) in [5.41, 5.74) is -1.21. The molecule has 0 unspecified atom stereocenters. The molecule has 42 heavy (non-hydrogen) atoms. The molecule has 0 aromatic carbocycles. The summed E-state index contributed by atoms with van der Waals surface area (Å²) in [6, 6.07) is -1.66. The number of nitrogens with one attached hydrogen (secondary N) is 3. The molecular formula is C29H40F3N5O5. The average molecular weight is 596 g/mol. The second-order valence-electron chi connectivity index (χ2n) is 14.2. The van der Waals surface area contributed by atoms with Crippen molar-refractivity contribution in [2.75, 3.05) is 6.54 Å². The van der Waals surface area contributed by atoms with E-state index in [1.165, 1.54) is 11.8 Å². The van der Waals surface area contributed by atoms with Crippen LogP contribution in [0.4, 0.5) is 13.2 Å². The molecule has 0 aromatic rings. The molecule has 0 spiro atoms. The van der Waals surface area contributed by atoms with E-state index in [2.05, 4.69) is 10.6 Å². The molecule has 2 saturated heterocycles. The highest BCUT2D eigenvalue weighted by Gasteiger charge is 2.70. The van der Waals surface area contributed by atoms with E-state index in [1.54, 1.807) is 0 Å². The number of piperidine rings is 1. The number of hydrogen-bond donors (Lipinski definition) is 3. The number of nitriles is 1.